The zero-order valence-electron chi connectivity index (χ0n) is 28.3. The second-order valence-corrected chi connectivity index (χ2v) is 78.8. The fraction of sp³-hybridized carbons (Fsp3) is 1.00. The van der Waals surface area contributed by atoms with Crippen molar-refractivity contribution in [3.8, 4) is 0 Å². The van der Waals surface area contributed by atoms with Gasteiger partial charge in [-0.3, -0.25) is 9.80 Å². The molecule has 0 saturated carbocycles. The van der Waals surface area contributed by atoms with Crippen LogP contribution in [-0.4, -0.2) is 168 Å². The van der Waals surface area contributed by atoms with Gasteiger partial charge in [-0.2, -0.15) is 0 Å². The average molecular weight is 770 g/mol. The van der Waals surface area contributed by atoms with Crippen LogP contribution in [0.25, 0.3) is 0 Å². The molecule has 6 fully saturated rings. The maximum atomic E-state index is 6.42. The molecular weight excluding hydrogens is 710 g/mol. The zero-order valence-corrected chi connectivity index (χ0v) is 38.4. The Hall–Kier alpha value is 1.96. The smallest absolute Gasteiger partial charge is 0.376 e. The molecular formula is C24H60GeN2O6Si8. The van der Waals surface area contributed by atoms with Gasteiger partial charge in [0, 0.05) is 87.2 Å². The van der Waals surface area contributed by atoms with Crippen molar-refractivity contribution in [3.05, 3.63) is 0 Å². The Balaban J connectivity index is 0.000000280. The molecule has 6 heterocycles. The van der Waals surface area contributed by atoms with Crippen molar-refractivity contribution in [2.24, 2.45) is 0 Å². The van der Waals surface area contributed by atoms with E-state index in [-0.39, 0.29) is 17.6 Å². The van der Waals surface area contributed by atoms with Crippen LogP contribution in [-0.2, 0) is 26.6 Å². The molecule has 0 N–H and O–H groups in total. The first-order valence-electron chi connectivity index (χ1n) is 15.4. The summed E-state index contributed by atoms with van der Waals surface area (Å²) in [5.41, 5.74) is 0. The molecule has 238 valence electrons. The molecule has 41 heavy (non-hydrogen) atoms. The van der Waals surface area contributed by atoms with E-state index in [2.05, 4.69) is 88.4 Å². The van der Waals surface area contributed by atoms with Gasteiger partial charge in [0.1, 0.15) is 14.7 Å². The third kappa shape index (κ3) is 10.5. The van der Waals surface area contributed by atoms with Gasteiger partial charge in [-0.1, -0.05) is 78.6 Å². The molecule has 6 radical (unpaired) electrons. The van der Waals surface area contributed by atoms with Gasteiger partial charge in [-0.25, -0.2) is 0 Å². The van der Waals surface area contributed by atoms with E-state index in [0.717, 1.165) is 78.9 Å². The monoisotopic (exact) mass is 770 g/mol. The molecule has 0 spiro atoms. The Bertz CT molecular complexity index is 677. The van der Waals surface area contributed by atoms with E-state index in [1.807, 2.05) is 0 Å². The number of hydrogen-bond acceptors (Lipinski definition) is 8. The Morgan fingerprint density at radius 2 is 0.561 bits per heavy atom. The molecule has 8 nitrogen and oxygen atoms in total. The molecule has 0 atom stereocenters. The van der Waals surface area contributed by atoms with Crippen LogP contribution < -0.4 is 0 Å². The van der Waals surface area contributed by atoms with E-state index in [9.17, 15) is 0 Å². The van der Waals surface area contributed by atoms with Crippen LogP contribution in [0.3, 0.4) is 0 Å². The van der Waals surface area contributed by atoms with Crippen LogP contribution in [0.5, 0.6) is 0 Å². The molecule has 6 aliphatic heterocycles. The van der Waals surface area contributed by atoms with Crippen LogP contribution in [0.15, 0.2) is 0 Å². The third-order valence-electron chi connectivity index (χ3n) is 7.81. The van der Waals surface area contributed by atoms with Gasteiger partial charge in [0.25, 0.3) is 0 Å². The predicted molar refractivity (Wildman–Crippen MR) is 191 cm³/mol. The van der Waals surface area contributed by atoms with Crippen LogP contribution in [0.2, 0.25) is 78.6 Å². The SMILES string of the molecule is C[Si](C)(C)[Si]([Si](C)(C)C)[Si]12OCCN(CCO1)CCO2.C[Si](C)(C)[Si]([Si](C)(C)C)[Si]12OCCN(CCO1)CCO2.[Ge]. The maximum Gasteiger partial charge on any atom is 0.461 e. The molecule has 0 aliphatic carbocycles. The van der Waals surface area contributed by atoms with E-state index < -0.39 is 61.7 Å². The minimum Gasteiger partial charge on any atom is -0.376 e. The van der Waals surface area contributed by atoms with Crippen LogP contribution in [0.1, 0.15) is 0 Å². The standard InChI is InChI=1S/2C12H30NO3Si4.Ge/c2*1-18(2,3)17(19(4,5)6)20-14-10-7-13(8-11-15-20)9-12-16-20;/h2*7-12H2,1-6H3;. The maximum absolute atomic E-state index is 6.42. The van der Waals surface area contributed by atoms with Gasteiger partial charge < -0.3 is 26.6 Å². The Kier molecular flexibility index (Phi) is 14.5. The Labute approximate surface area is 271 Å². The molecule has 17 heteroatoms. The van der Waals surface area contributed by atoms with Crippen molar-refractivity contribution in [2.75, 3.05) is 78.9 Å². The van der Waals surface area contributed by atoms with Gasteiger partial charge in [-0.15, -0.1) is 0 Å². The largest absolute Gasteiger partial charge is 0.461 e. The van der Waals surface area contributed by atoms with Crippen LogP contribution in [0.4, 0.5) is 0 Å². The Morgan fingerprint density at radius 3 is 0.707 bits per heavy atom. The summed E-state index contributed by atoms with van der Waals surface area (Å²) in [7, 11) is -11.4. The molecule has 0 amide bonds. The number of fused-ring (bicyclic) bond motifs is 12. The first-order valence-corrected chi connectivity index (χ1v) is 41.8. The van der Waals surface area contributed by atoms with E-state index in [1.54, 1.807) is 0 Å². The summed E-state index contributed by atoms with van der Waals surface area (Å²) in [4.78, 5) is 4.79. The first-order chi connectivity index (χ1) is 18.3. The second-order valence-electron chi connectivity index (χ2n) is 15.6. The normalized spacial score (nSPS) is 32.0. The molecule has 0 aromatic heterocycles. The van der Waals surface area contributed by atoms with E-state index in [0.29, 0.717) is 0 Å². The Morgan fingerprint density at radius 1 is 0.390 bits per heavy atom. The minimum absolute atomic E-state index is 0. The average Bonchev–Trinajstić information content (AvgIpc) is 2.65. The van der Waals surface area contributed by atoms with Gasteiger partial charge in [-0.05, 0) is 0 Å². The fourth-order valence-corrected chi connectivity index (χ4v) is 129. The quantitative estimate of drug-likeness (QED) is 0.383. The molecule has 0 unspecified atom stereocenters. The van der Waals surface area contributed by atoms with E-state index >= 15 is 0 Å². The van der Waals surface area contributed by atoms with Crippen molar-refractivity contribution < 1.29 is 26.6 Å². The van der Waals surface area contributed by atoms with Gasteiger partial charge in [0.05, 0.1) is 39.6 Å². The zero-order chi connectivity index (χ0) is 30.0. The van der Waals surface area contributed by atoms with Crippen molar-refractivity contribution >= 4 is 79.3 Å². The number of rotatable bonds is 6. The van der Waals surface area contributed by atoms with Crippen molar-refractivity contribution in [1.29, 1.82) is 0 Å². The van der Waals surface area contributed by atoms with Gasteiger partial charge in [0.15, 0.2) is 0 Å². The van der Waals surface area contributed by atoms with Gasteiger partial charge >= 0.3 is 16.6 Å². The molecule has 4 bridgehead atoms. The molecule has 6 aliphatic rings. The van der Waals surface area contributed by atoms with E-state index in [4.69, 9.17) is 26.6 Å². The summed E-state index contributed by atoms with van der Waals surface area (Å²) in [6, 6.07) is 0. The number of hydrogen-bond donors (Lipinski definition) is 0. The van der Waals surface area contributed by atoms with E-state index in [1.165, 1.54) is 0 Å². The molecule has 6 saturated heterocycles. The molecule has 0 aromatic rings. The predicted octanol–water partition coefficient (Wildman–Crippen LogP) is 3.04. The molecule has 0 aromatic carbocycles. The minimum atomic E-state index is -2.43. The van der Waals surface area contributed by atoms with Crippen LogP contribution in [0, 0.1) is 0 Å². The fourth-order valence-electron chi connectivity index (χ4n) is 7.30. The van der Waals surface area contributed by atoms with Crippen molar-refractivity contribution in [3.63, 3.8) is 0 Å². The third-order valence-corrected chi connectivity index (χ3v) is 108. The van der Waals surface area contributed by atoms with Crippen molar-refractivity contribution in [1.82, 2.24) is 9.80 Å². The summed E-state index contributed by atoms with van der Waals surface area (Å²) in [5.74, 6) is 0. The molecule has 6 rings (SSSR count). The summed E-state index contributed by atoms with van der Waals surface area (Å²) < 4.78 is 38.5. The topological polar surface area (TPSA) is 61.9 Å². The first kappa shape index (κ1) is 39.1. The summed E-state index contributed by atoms with van der Waals surface area (Å²) >= 11 is 0. The van der Waals surface area contributed by atoms with Crippen molar-refractivity contribution in [2.45, 2.75) is 78.6 Å². The number of nitrogens with zero attached hydrogens (tertiary/aromatic N) is 2. The summed E-state index contributed by atoms with van der Waals surface area (Å²) in [5, 5.41) is 0. The summed E-state index contributed by atoms with van der Waals surface area (Å²) in [6.45, 7) is 41.1. The van der Waals surface area contributed by atoms with Gasteiger partial charge in [0.2, 0.25) is 0 Å². The summed E-state index contributed by atoms with van der Waals surface area (Å²) in [6.07, 6.45) is 0. The van der Waals surface area contributed by atoms with Crippen LogP contribution >= 0.6 is 0 Å². The second kappa shape index (κ2) is 15.2.